The van der Waals surface area contributed by atoms with Crippen molar-refractivity contribution in [2.75, 3.05) is 29.5 Å². The van der Waals surface area contributed by atoms with Crippen molar-refractivity contribution in [3.05, 3.63) is 42.4 Å². The van der Waals surface area contributed by atoms with Gasteiger partial charge in [-0.1, -0.05) is 0 Å². The van der Waals surface area contributed by atoms with Crippen molar-refractivity contribution >= 4 is 29.8 Å². The molecule has 9 nitrogen and oxygen atoms in total. The molecule has 2 aliphatic heterocycles. The molecule has 0 spiro atoms. The zero-order chi connectivity index (χ0) is 19.7. The number of nitrogens with zero attached hydrogens (tertiary/aromatic N) is 2. The van der Waals surface area contributed by atoms with Crippen molar-refractivity contribution < 1.29 is 28.3 Å². The number of likely N-dealkylation sites (N-methyl/N-ethyl adjacent to an activating group) is 1. The highest BCUT2D eigenvalue weighted by Crippen LogP contribution is 2.37. The minimum absolute atomic E-state index is 0.0405. The van der Waals surface area contributed by atoms with Gasteiger partial charge in [-0.15, -0.1) is 0 Å². The van der Waals surface area contributed by atoms with Crippen LogP contribution in [0.5, 0.6) is 5.75 Å². The van der Waals surface area contributed by atoms with Gasteiger partial charge in [-0.05, 0) is 31.2 Å². The van der Waals surface area contributed by atoms with E-state index in [1.165, 1.54) is 11.2 Å². The smallest absolute Gasteiger partial charge is 0.414 e. The summed E-state index contributed by atoms with van der Waals surface area (Å²) >= 11 is 0. The van der Waals surface area contributed by atoms with Crippen LogP contribution < -0.4 is 19.9 Å². The third kappa shape index (κ3) is 3.04. The van der Waals surface area contributed by atoms with Gasteiger partial charge in [0.25, 0.3) is 5.91 Å². The molecule has 0 aliphatic carbocycles. The number of nitrogens with one attached hydrogen (secondary N) is 1. The van der Waals surface area contributed by atoms with Gasteiger partial charge in [-0.25, -0.2) is 4.79 Å². The number of hydrogen-bond acceptors (Lipinski definition) is 6. The number of rotatable bonds is 6. The van der Waals surface area contributed by atoms with Gasteiger partial charge >= 0.3 is 6.09 Å². The monoisotopic (exact) mass is 385 g/mol. The lowest BCUT2D eigenvalue weighted by Gasteiger charge is -2.29. The number of fused-ring (bicyclic) bond motifs is 1. The largest absolute Gasteiger partial charge is 0.481 e. The van der Waals surface area contributed by atoms with Crippen LogP contribution in [0.25, 0.3) is 0 Å². The first-order valence-corrected chi connectivity index (χ1v) is 8.90. The number of carbonyl (C=O) groups is 3. The highest BCUT2D eigenvalue weighted by Gasteiger charge is 2.39. The first-order chi connectivity index (χ1) is 13.6. The van der Waals surface area contributed by atoms with Crippen LogP contribution in [0.15, 0.2) is 41.0 Å². The molecule has 1 saturated heterocycles. The molecule has 2 atom stereocenters. The molecule has 9 heteroatoms. The van der Waals surface area contributed by atoms with E-state index < -0.39 is 18.2 Å². The van der Waals surface area contributed by atoms with Crippen LogP contribution in [0.4, 0.5) is 16.2 Å². The van der Waals surface area contributed by atoms with Crippen molar-refractivity contribution in [2.45, 2.75) is 19.1 Å². The van der Waals surface area contributed by atoms with Crippen LogP contribution >= 0.6 is 0 Å². The molecule has 3 heterocycles. The highest BCUT2D eigenvalue weighted by atomic mass is 16.6. The molecule has 0 radical (unpaired) electrons. The number of amides is 3. The summed E-state index contributed by atoms with van der Waals surface area (Å²) in [7, 11) is 0. The minimum atomic E-state index is -0.616. The molecule has 0 saturated carbocycles. The number of furan rings is 1. The summed E-state index contributed by atoms with van der Waals surface area (Å²) in [6.07, 6.45) is 0.889. The molecule has 4 rings (SSSR count). The molecule has 146 valence electrons. The number of cyclic esters (lactones) is 1. The van der Waals surface area contributed by atoms with Gasteiger partial charge in [0.15, 0.2) is 6.61 Å². The van der Waals surface area contributed by atoms with Gasteiger partial charge in [0.05, 0.1) is 24.2 Å². The zero-order valence-electron chi connectivity index (χ0n) is 15.2. The van der Waals surface area contributed by atoms with Crippen LogP contribution in [-0.4, -0.2) is 44.2 Å². The van der Waals surface area contributed by atoms with Gasteiger partial charge in [-0.2, -0.15) is 0 Å². The van der Waals surface area contributed by atoms with E-state index >= 15 is 0 Å². The lowest BCUT2D eigenvalue weighted by molar-refractivity contribution is -0.121. The summed E-state index contributed by atoms with van der Waals surface area (Å²) in [5.41, 5.74) is 1.25. The number of carbonyl (C=O) groups excluding carboxylic acids is 3. The van der Waals surface area contributed by atoms with Crippen LogP contribution in [0, 0.1) is 0 Å². The average Bonchev–Trinajstić information content (AvgIpc) is 3.36. The number of ether oxygens (including phenoxy) is 2. The second kappa shape index (κ2) is 7.26. The number of hydrogen-bond donors (Lipinski definition) is 1. The molecule has 1 N–H and O–H groups in total. The SMILES string of the molecule is CCN1C(=O)COc2cc(N3C[C@@H](C(NC=O)c4ccco4)OC3=O)ccc21. The summed E-state index contributed by atoms with van der Waals surface area (Å²) in [4.78, 5) is 38.5. The molecule has 0 bridgehead atoms. The van der Waals surface area contributed by atoms with E-state index in [0.29, 0.717) is 35.8 Å². The third-order valence-corrected chi connectivity index (χ3v) is 4.82. The zero-order valence-corrected chi connectivity index (χ0v) is 15.2. The van der Waals surface area contributed by atoms with Crippen molar-refractivity contribution in [1.29, 1.82) is 0 Å². The van der Waals surface area contributed by atoms with E-state index in [1.54, 1.807) is 35.2 Å². The Kier molecular flexibility index (Phi) is 4.64. The first kappa shape index (κ1) is 17.9. The topological polar surface area (TPSA) is 101 Å². The van der Waals surface area contributed by atoms with Crippen molar-refractivity contribution in [3.8, 4) is 5.75 Å². The van der Waals surface area contributed by atoms with E-state index in [2.05, 4.69) is 5.32 Å². The lowest BCUT2D eigenvalue weighted by atomic mass is 10.1. The quantitative estimate of drug-likeness (QED) is 0.762. The molecule has 3 amide bonds. The maximum Gasteiger partial charge on any atom is 0.414 e. The molecule has 2 aliphatic rings. The van der Waals surface area contributed by atoms with Crippen LogP contribution in [0.2, 0.25) is 0 Å². The summed E-state index contributed by atoms with van der Waals surface area (Å²) in [5, 5.41) is 2.64. The Morgan fingerprint density at radius 3 is 2.89 bits per heavy atom. The Labute approximate surface area is 160 Å². The number of benzene rings is 1. The summed E-state index contributed by atoms with van der Waals surface area (Å²) < 4.78 is 16.4. The molecule has 1 fully saturated rings. The molecular weight excluding hydrogens is 366 g/mol. The van der Waals surface area contributed by atoms with Crippen LogP contribution in [0.3, 0.4) is 0 Å². The summed E-state index contributed by atoms with van der Waals surface area (Å²) in [5.74, 6) is 0.922. The van der Waals surface area contributed by atoms with Gasteiger partial charge in [0.2, 0.25) is 6.41 Å². The fourth-order valence-electron chi connectivity index (χ4n) is 3.49. The Hall–Kier alpha value is -3.49. The highest BCUT2D eigenvalue weighted by molar-refractivity contribution is 5.99. The van der Waals surface area contributed by atoms with Crippen molar-refractivity contribution in [3.63, 3.8) is 0 Å². The first-order valence-electron chi connectivity index (χ1n) is 8.90. The Morgan fingerprint density at radius 2 is 2.18 bits per heavy atom. The Morgan fingerprint density at radius 1 is 1.32 bits per heavy atom. The molecular formula is C19H19N3O6. The summed E-state index contributed by atoms with van der Waals surface area (Å²) in [6.45, 7) is 2.60. The Balaban J connectivity index is 1.58. The molecule has 1 aromatic heterocycles. The molecule has 1 unspecified atom stereocenters. The summed E-state index contributed by atoms with van der Waals surface area (Å²) in [6, 6.07) is 8.01. The van der Waals surface area contributed by atoms with E-state index in [9.17, 15) is 14.4 Å². The second-order valence-corrected chi connectivity index (χ2v) is 6.39. The van der Waals surface area contributed by atoms with Gasteiger partial charge < -0.3 is 24.1 Å². The van der Waals surface area contributed by atoms with E-state index in [1.807, 2.05) is 6.92 Å². The third-order valence-electron chi connectivity index (χ3n) is 4.82. The second-order valence-electron chi connectivity index (χ2n) is 6.39. The Bertz CT molecular complexity index is 897. The maximum absolute atomic E-state index is 12.5. The van der Waals surface area contributed by atoms with E-state index in [4.69, 9.17) is 13.9 Å². The standard InChI is InChI=1S/C19H19N3O6/c1-2-21-13-6-5-12(8-15(13)27-10-17(21)24)22-9-16(28-19(22)25)18(20-11-23)14-4-3-7-26-14/h3-8,11,16,18H,2,9-10H2,1H3,(H,20,23)/t16-,18?/m0/s1. The van der Waals surface area contributed by atoms with Crippen LogP contribution in [-0.2, 0) is 14.3 Å². The lowest BCUT2D eigenvalue weighted by Crippen LogP contribution is -2.38. The van der Waals surface area contributed by atoms with Gasteiger partial charge in [-0.3, -0.25) is 14.5 Å². The molecule has 1 aromatic carbocycles. The van der Waals surface area contributed by atoms with Crippen LogP contribution in [0.1, 0.15) is 18.7 Å². The average molecular weight is 385 g/mol. The van der Waals surface area contributed by atoms with Gasteiger partial charge in [0, 0.05) is 12.6 Å². The number of anilines is 2. The predicted octanol–water partition coefficient (Wildman–Crippen LogP) is 1.84. The predicted molar refractivity (Wildman–Crippen MR) is 98.2 cm³/mol. The normalized spacial score (nSPS) is 19.7. The fraction of sp³-hybridized carbons (Fsp3) is 0.316. The van der Waals surface area contributed by atoms with Crippen molar-refractivity contribution in [2.24, 2.45) is 0 Å². The minimum Gasteiger partial charge on any atom is -0.481 e. The molecule has 2 aromatic rings. The van der Waals surface area contributed by atoms with Gasteiger partial charge in [0.1, 0.15) is 23.7 Å². The van der Waals surface area contributed by atoms with E-state index in [-0.39, 0.29) is 19.1 Å². The van der Waals surface area contributed by atoms with E-state index in [0.717, 1.165) is 0 Å². The maximum atomic E-state index is 12.5. The fourth-order valence-corrected chi connectivity index (χ4v) is 3.49. The molecule has 28 heavy (non-hydrogen) atoms. The van der Waals surface area contributed by atoms with Crippen molar-refractivity contribution in [1.82, 2.24) is 5.32 Å².